The molecule has 4 nitrogen and oxygen atoms in total. The molecule has 3 aliphatic carbocycles. The van der Waals surface area contributed by atoms with Gasteiger partial charge in [-0.1, -0.05) is 27.7 Å². The number of aliphatic hydroxyl groups is 2. The predicted octanol–water partition coefficient (Wildman–Crippen LogP) is 2.59. The minimum Gasteiger partial charge on any atom is -0.396 e. The molecule has 0 bridgehead atoms. The van der Waals surface area contributed by atoms with Crippen molar-refractivity contribution in [3.8, 4) is 0 Å². The summed E-state index contributed by atoms with van der Waals surface area (Å²) in [5.74, 6) is 0.0217. The van der Waals surface area contributed by atoms with Gasteiger partial charge in [0.15, 0.2) is 11.6 Å². The Morgan fingerprint density at radius 3 is 2.50 bits per heavy atom. The molecule has 2 N–H and O–H groups in total. The average molecular weight is 332 g/mol. The predicted molar refractivity (Wildman–Crippen MR) is 91.2 cm³/mol. The molecule has 3 aliphatic rings. The van der Waals surface area contributed by atoms with Gasteiger partial charge in [-0.2, -0.15) is 0 Å². The number of fused-ring (bicyclic) bond motifs is 2. The van der Waals surface area contributed by atoms with Gasteiger partial charge >= 0.3 is 0 Å². The van der Waals surface area contributed by atoms with Gasteiger partial charge in [0, 0.05) is 27.5 Å². The van der Waals surface area contributed by atoms with E-state index < -0.39 is 16.9 Å². The molecule has 0 aromatic carbocycles. The van der Waals surface area contributed by atoms with E-state index >= 15 is 0 Å². The zero-order valence-corrected chi connectivity index (χ0v) is 15.1. The van der Waals surface area contributed by atoms with Crippen molar-refractivity contribution in [3.05, 3.63) is 22.8 Å². The first kappa shape index (κ1) is 17.6. The van der Waals surface area contributed by atoms with Crippen LogP contribution in [0.5, 0.6) is 0 Å². The molecule has 0 amide bonds. The van der Waals surface area contributed by atoms with Crippen LogP contribution in [0.1, 0.15) is 53.4 Å². The maximum absolute atomic E-state index is 12.9. The number of carbonyl (C=O) groups is 2. The monoisotopic (exact) mass is 332 g/mol. The number of rotatable bonds is 2. The second-order valence-corrected chi connectivity index (χ2v) is 8.53. The van der Waals surface area contributed by atoms with E-state index in [1.54, 1.807) is 0 Å². The summed E-state index contributed by atoms with van der Waals surface area (Å²) in [6.07, 6.45) is 3.47. The third kappa shape index (κ3) is 2.19. The molecule has 0 radical (unpaired) electrons. The van der Waals surface area contributed by atoms with Crippen molar-refractivity contribution >= 4 is 11.6 Å². The van der Waals surface area contributed by atoms with Gasteiger partial charge in [-0.3, -0.25) is 9.59 Å². The second kappa shape index (κ2) is 5.63. The van der Waals surface area contributed by atoms with Crippen LogP contribution in [0.4, 0.5) is 0 Å². The van der Waals surface area contributed by atoms with Gasteiger partial charge in [0.1, 0.15) is 0 Å². The van der Waals surface area contributed by atoms with Crippen LogP contribution in [0.15, 0.2) is 22.8 Å². The quantitative estimate of drug-likeness (QED) is 0.762. The van der Waals surface area contributed by atoms with E-state index in [2.05, 4.69) is 0 Å². The summed E-state index contributed by atoms with van der Waals surface area (Å²) in [5, 5.41) is 20.4. The van der Waals surface area contributed by atoms with Crippen LogP contribution in [-0.2, 0) is 9.59 Å². The van der Waals surface area contributed by atoms with Crippen LogP contribution in [0.3, 0.4) is 0 Å². The molecular weight excluding hydrogens is 304 g/mol. The van der Waals surface area contributed by atoms with Crippen LogP contribution in [0.25, 0.3) is 0 Å². The van der Waals surface area contributed by atoms with Gasteiger partial charge in [0.2, 0.25) is 0 Å². The summed E-state index contributed by atoms with van der Waals surface area (Å²) in [6.45, 7) is 7.73. The van der Waals surface area contributed by atoms with E-state index in [1.165, 1.54) is 6.08 Å². The number of aliphatic hydroxyl groups excluding tert-OH is 2. The Kier molecular flexibility index (Phi) is 4.12. The number of allylic oxidation sites excluding steroid dienone is 4. The lowest BCUT2D eigenvalue weighted by atomic mass is 9.47. The Hall–Kier alpha value is -1.26. The van der Waals surface area contributed by atoms with Crippen molar-refractivity contribution in [1.29, 1.82) is 0 Å². The number of ketones is 2. The maximum atomic E-state index is 12.9. The van der Waals surface area contributed by atoms with Gasteiger partial charge in [0.25, 0.3) is 0 Å². The molecule has 1 fully saturated rings. The molecule has 0 spiro atoms. The van der Waals surface area contributed by atoms with Crippen molar-refractivity contribution in [3.63, 3.8) is 0 Å². The molecule has 0 unspecified atom stereocenters. The average Bonchev–Trinajstić information content (AvgIpc) is 2.53. The third-order valence-electron chi connectivity index (χ3n) is 6.85. The zero-order chi connectivity index (χ0) is 17.9. The summed E-state index contributed by atoms with van der Waals surface area (Å²) in [5.41, 5.74) is 0.871. The molecule has 24 heavy (non-hydrogen) atoms. The lowest BCUT2D eigenvalue weighted by molar-refractivity contribution is -0.133. The molecule has 0 heterocycles. The summed E-state index contributed by atoms with van der Waals surface area (Å²) in [4.78, 5) is 25.8. The topological polar surface area (TPSA) is 74.6 Å². The fourth-order valence-corrected chi connectivity index (χ4v) is 5.36. The summed E-state index contributed by atoms with van der Waals surface area (Å²) >= 11 is 0. The molecule has 0 saturated heterocycles. The Morgan fingerprint density at radius 2 is 1.92 bits per heavy atom. The van der Waals surface area contributed by atoms with E-state index in [-0.39, 0.29) is 30.0 Å². The molecule has 1 saturated carbocycles. The standard InChI is InChI=1S/C20H28O4/c1-11(2)13-9-14(22)17-12(18(13)24)5-6-15-19(17,3)8-7-16(23)20(15,4)10-21/h9,11,15-16,21,23H,5-8,10H2,1-4H3/t15-,16-,19-,20+/m0/s1. The molecule has 4 atom stereocenters. The maximum Gasteiger partial charge on any atom is 0.185 e. The van der Waals surface area contributed by atoms with E-state index in [9.17, 15) is 19.8 Å². The van der Waals surface area contributed by atoms with Crippen LogP contribution < -0.4 is 0 Å². The number of hydrogen-bond acceptors (Lipinski definition) is 4. The highest BCUT2D eigenvalue weighted by Gasteiger charge is 2.58. The summed E-state index contributed by atoms with van der Waals surface area (Å²) in [7, 11) is 0. The largest absolute Gasteiger partial charge is 0.396 e. The Bertz CT molecular complexity index is 657. The third-order valence-corrected chi connectivity index (χ3v) is 6.85. The first-order chi connectivity index (χ1) is 11.2. The molecule has 3 rings (SSSR count). The van der Waals surface area contributed by atoms with Gasteiger partial charge in [0.05, 0.1) is 12.7 Å². The Morgan fingerprint density at radius 1 is 1.25 bits per heavy atom. The highest BCUT2D eigenvalue weighted by atomic mass is 16.3. The van der Waals surface area contributed by atoms with Crippen LogP contribution >= 0.6 is 0 Å². The van der Waals surface area contributed by atoms with Gasteiger partial charge < -0.3 is 10.2 Å². The molecule has 0 aromatic rings. The normalized spacial score (nSPS) is 39.7. The summed E-state index contributed by atoms with van der Waals surface area (Å²) in [6, 6.07) is 0. The highest BCUT2D eigenvalue weighted by molar-refractivity contribution is 6.23. The van der Waals surface area contributed by atoms with E-state index in [1.807, 2.05) is 27.7 Å². The molecule has 4 heteroatoms. The summed E-state index contributed by atoms with van der Waals surface area (Å²) < 4.78 is 0. The fraction of sp³-hybridized carbons (Fsp3) is 0.700. The van der Waals surface area contributed by atoms with E-state index in [0.717, 1.165) is 6.42 Å². The van der Waals surface area contributed by atoms with Crippen LogP contribution in [-0.4, -0.2) is 34.5 Å². The number of carbonyl (C=O) groups excluding carboxylic acids is 2. The van der Waals surface area contributed by atoms with E-state index in [4.69, 9.17) is 0 Å². The highest BCUT2D eigenvalue weighted by Crippen LogP contribution is 2.60. The molecule has 0 aromatic heterocycles. The minimum atomic E-state index is -0.628. The minimum absolute atomic E-state index is 0.00301. The van der Waals surface area contributed by atoms with Gasteiger partial charge in [-0.05, 0) is 43.6 Å². The zero-order valence-electron chi connectivity index (χ0n) is 15.1. The SMILES string of the molecule is CC(C)C1=CC(=O)C2=C(CC[C@@H]3[C@@](C)(CO)[C@@H](O)CC[C@]23C)C1=O. The van der Waals surface area contributed by atoms with Crippen molar-refractivity contribution in [2.45, 2.75) is 59.5 Å². The Balaban J connectivity index is 2.11. The molecule has 0 aliphatic heterocycles. The van der Waals surface area contributed by atoms with Crippen molar-refractivity contribution in [1.82, 2.24) is 0 Å². The van der Waals surface area contributed by atoms with Crippen LogP contribution in [0, 0.1) is 22.7 Å². The first-order valence-electron chi connectivity index (χ1n) is 9.00. The number of Topliss-reactive ketones (excluding diaryl/α,β-unsaturated/α-hetero) is 1. The van der Waals surface area contributed by atoms with Gasteiger partial charge in [-0.15, -0.1) is 0 Å². The van der Waals surface area contributed by atoms with Crippen molar-refractivity contribution in [2.24, 2.45) is 22.7 Å². The Labute approximate surface area is 143 Å². The fourth-order valence-electron chi connectivity index (χ4n) is 5.36. The van der Waals surface area contributed by atoms with Crippen LogP contribution in [0.2, 0.25) is 0 Å². The number of hydrogen-bond donors (Lipinski definition) is 2. The second-order valence-electron chi connectivity index (χ2n) is 8.53. The first-order valence-corrected chi connectivity index (χ1v) is 9.00. The lowest BCUT2D eigenvalue weighted by Gasteiger charge is -2.57. The smallest absolute Gasteiger partial charge is 0.185 e. The molecular formula is C20H28O4. The van der Waals surface area contributed by atoms with Crippen molar-refractivity contribution in [2.75, 3.05) is 6.61 Å². The lowest BCUT2D eigenvalue weighted by Crippen LogP contribution is -2.56. The van der Waals surface area contributed by atoms with Gasteiger partial charge in [-0.25, -0.2) is 0 Å². The van der Waals surface area contributed by atoms with Crippen molar-refractivity contribution < 1.29 is 19.8 Å². The molecule has 132 valence electrons. The van der Waals surface area contributed by atoms with E-state index in [0.29, 0.717) is 36.0 Å².